The Morgan fingerprint density at radius 2 is 1.61 bits per heavy atom. The maximum Gasteiger partial charge on any atom is 0.247 e. The quantitative estimate of drug-likeness (QED) is 0.406. The van der Waals surface area contributed by atoms with Gasteiger partial charge < -0.3 is 5.32 Å². The van der Waals surface area contributed by atoms with E-state index in [0.717, 1.165) is 29.7 Å². The van der Waals surface area contributed by atoms with Gasteiger partial charge in [-0.15, -0.1) is 0 Å². The zero-order chi connectivity index (χ0) is 22.8. The van der Waals surface area contributed by atoms with Crippen molar-refractivity contribution in [1.29, 1.82) is 0 Å². The normalized spacial score (nSPS) is 27.7. The molecule has 0 spiro atoms. The molecule has 174 valence electrons. The minimum Gasteiger partial charge on any atom is -0.326 e. The van der Waals surface area contributed by atoms with E-state index in [0.29, 0.717) is 17.5 Å². The van der Waals surface area contributed by atoms with E-state index in [1.807, 2.05) is 0 Å². The zero-order valence-electron chi connectivity index (χ0n) is 19.2. The van der Waals surface area contributed by atoms with Crippen LogP contribution in [0.2, 0.25) is 0 Å². The highest BCUT2D eigenvalue weighted by Crippen LogP contribution is 2.60. The lowest BCUT2D eigenvalue weighted by Gasteiger charge is -2.38. The molecule has 3 N–H and O–H groups in total. The summed E-state index contributed by atoms with van der Waals surface area (Å²) in [5.74, 6) is 2.35. The topological polar surface area (TPSA) is 78.4 Å². The van der Waals surface area contributed by atoms with Crippen molar-refractivity contribution < 1.29 is 14.8 Å². The first-order chi connectivity index (χ1) is 16.0. The predicted octanol–water partition coefficient (Wildman–Crippen LogP) is 5.16. The molecule has 0 radical (unpaired) electrons. The molecule has 5 heteroatoms. The molecule has 5 nitrogen and oxygen atoms in total. The fourth-order valence-corrected chi connectivity index (χ4v) is 6.94. The Morgan fingerprint density at radius 3 is 2.36 bits per heavy atom. The molecule has 3 fully saturated rings. The van der Waals surface area contributed by atoms with Crippen LogP contribution < -0.4 is 10.8 Å². The average Bonchev–Trinajstić information content (AvgIpc) is 3.00. The van der Waals surface area contributed by atoms with Crippen molar-refractivity contribution in [3.63, 3.8) is 0 Å². The number of aryl methyl sites for hydroxylation is 1. The van der Waals surface area contributed by atoms with Gasteiger partial charge in [0, 0.05) is 12.1 Å². The second-order valence-electron chi connectivity index (χ2n) is 10.6. The predicted molar refractivity (Wildman–Crippen MR) is 128 cm³/mol. The van der Waals surface area contributed by atoms with Gasteiger partial charge in [-0.05, 0) is 84.1 Å². The molecule has 0 aliphatic heterocycles. The number of benzene rings is 2. The molecule has 0 heterocycles. The zero-order valence-corrected chi connectivity index (χ0v) is 19.2. The molecule has 2 amide bonds. The highest BCUT2D eigenvalue weighted by molar-refractivity contribution is 5.90. The molecule has 4 unspecified atom stereocenters. The summed E-state index contributed by atoms with van der Waals surface area (Å²) >= 11 is 0. The lowest BCUT2D eigenvalue weighted by molar-refractivity contribution is -0.128. The molecule has 0 saturated heterocycles. The van der Waals surface area contributed by atoms with Crippen LogP contribution in [-0.2, 0) is 27.8 Å². The van der Waals surface area contributed by atoms with Gasteiger partial charge in [0.05, 0.1) is 6.42 Å². The van der Waals surface area contributed by atoms with Gasteiger partial charge in [-0.1, -0.05) is 55.7 Å². The molecular formula is C28H34N2O3. The van der Waals surface area contributed by atoms with E-state index in [1.54, 1.807) is 29.7 Å². The monoisotopic (exact) mass is 446 g/mol. The third kappa shape index (κ3) is 4.84. The van der Waals surface area contributed by atoms with Crippen LogP contribution in [0.15, 0.2) is 48.5 Å². The van der Waals surface area contributed by atoms with Crippen molar-refractivity contribution in [1.82, 2.24) is 5.48 Å². The van der Waals surface area contributed by atoms with Crippen LogP contribution in [0, 0.1) is 17.8 Å². The molecule has 2 aromatic rings. The Bertz CT molecular complexity index is 997. The maximum atomic E-state index is 12.4. The maximum absolute atomic E-state index is 12.4. The van der Waals surface area contributed by atoms with Crippen LogP contribution >= 0.6 is 0 Å². The van der Waals surface area contributed by atoms with Crippen LogP contribution in [0.3, 0.4) is 0 Å². The van der Waals surface area contributed by atoms with E-state index < -0.39 is 5.91 Å². The lowest BCUT2D eigenvalue weighted by Crippen LogP contribution is -2.30. The number of anilines is 1. The van der Waals surface area contributed by atoms with Gasteiger partial charge in [0.15, 0.2) is 0 Å². The summed E-state index contributed by atoms with van der Waals surface area (Å²) < 4.78 is 0. The molecule has 3 aliphatic carbocycles. The van der Waals surface area contributed by atoms with Gasteiger partial charge in [0.1, 0.15) is 0 Å². The van der Waals surface area contributed by atoms with Crippen molar-refractivity contribution >= 4 is 17.5 Å². The standard InChI is InChI=1S/C28H34N2O3/c31-26(29-25-11-6-20(7-12-25)15-27(32)30-33)13-8-19-4-9-24(10-5-19)28-16-21-2-1-3-22(17-28)23(14-21)18-28/h4-7,9-12,21-23,33H,1-3,8,13-18H2,(H,29,31)(H,30,32). The van der Waals surface area contributed by atoms with Gasteiger partial charge >= 0.3 is 0 Å². The Balaban J connectivity index is 1.14. The first-order valence-corrected chi connectivity index (χ1v) is 12.4. The highest BCUT2D eigenvalue weighted by atomic mass is 16.5. The molecule has 4 atom stereocenters. The molecule has 3 bridgehead atoms. The van der Waals surface area contributed by atoms with E-state index in [-0.39, 0.29) is 12.3 Å². The van der Waals surface area contributed by atoms with Crippen molar-refractivity contribution in [2.45, 2.75) is 69.6 Å². The number of carbonyl (C=O) groups is 2. The number of carbonyl (C=O) groups excluding carboxylic acids is 2. The third-order valence-corrected chi connectivity index (χ3v) is 8.41. The van der Waals surface area contributed by atoms with Crippen molar-refractivity contribution in [2.75, 3.05) is 5.32 Å². The summed E-state index contributed by atoms with van der Waals surface area (Å²) in [6, 6.07) is 16.3. The summed E-state index contributed by atoms with van der Waals surface area (Å²) in [6.45, 7) is 0. The molecule has 33 heavy (non-hydrogen) atoms. The van der Waals surface area contributed by atoms with E-state index in [2.05, 4.69) is 29.6 Å². The van der Waals surface area contributed by atoms with Crippen LogP contribution in [0.25, 0.3) is 0 Å². The van der Waals surface area contributed by atoms with E-state index in [9.17, 15) is 9.59 Å². The van der Waals surface area contributed by atoms with Gasteiger partial charge in [-0.25, -0.2) is 5.48 Å². The van der Waals surface area contributed by atoms with Crippen LogP contribution in [0.5, 0.6) is 0 Å². The Labute approximate surface area is 195 Å². The van der Waals surface area contributed by atoms with Gasteiger partial charge in [0.25, 0.3) is 0 Å². The number of hydroxylamine groups is 1. The van der Waals surface area contributed by atoms with Crippen molar-refractivity contribution in [3.05, 3.63) is 65.2 Å². The average molecular weight is 447 g/mol. The highest BCUT2D eigenvalue weighted by Gasteiger charge is 2.51. The molecule has 0 aromatic heterocycles. The summed E-state index contributed by atoms with van der Waals surface area (Å²) in [5, 5.41) is 11.5. The molecule has 3 aliphatic rings. The SMILES string of the molecule is O=C(Cc1ccc(NC(=O)CCc2ccc(C34CC5CCCC(C3)C(C5)C4)cc2)cc1)NO. The first-order valence-electron chi connectivity index (χ1n) is 12.4. The smallest absolute Gasteiger partial charge is 0.247 e. The first kappa shape index (κ1) is 22.1. The van der Waals surface area contributed by atoms with Crippen LogP contribution in [0.4, 0.5) is 5.69 Å². The van der Waals surface area contributed by atoms with E-state index >= 15 is 0 Å². The minimum absolute atomic E-state index is 0.0164. The number of hydrogen-bond donors (Lipinski definition) is 3. The van der Waals surface area contributed by atoms with Gasteiger partial charge in [0.2, 0.25) is 11.8 Å². The van der Waals surface area contributed by atoms with Crippen LogP contribution in [0.1, 0.15) is 68.1 Å². The molecular weight excluding hydrogens is 412 g/mol. The molecule has 5 rings (SSSR count). The number of rotatable bonds is 7. The van der Waals surface area contributed by atoms with Crippen molar-refractivity contribution in [2.24, 2.45) is 17.8 Å². The summed E-state index contributed by atoms with van der Waals surface area (Å²) in [7, 11) is 0. The summed E-state index contributed by atoms with van der Waals surface area (Å²) in [4.78, 5) is 23.6. The summed E-state index contributed by atoms with van der Waals surface area (Å²) in [5.41, 5.74) is 6.26. The number of nitrogens with one attached hydrogen (secondary N) is 2. The molecule has 3 saturated carbocycles. The largest absolute Gasteiger partial charge is 0.326 e. The fraction of sp³-hybridized carbons (Fsp3) is 0.500. The minimum atomic E-state index is -0.462. The number of amides is 2. The van der Waals surface area contributed by atoms with Crippen LogP contribution in [-0.4, -0.2) is 17.0 Å². The van der Waals surface area contributed by atoms with Gasteiger partial charge in [-0.3, -0.25) is 14.8 Å². The Morgan fingerprint density at radius 1 is 0.879 bits per heavy atom. The Kier molecular flexibility index (Phi) is 6.24. The third-order valence-electron chi connectivity index (χ3n) is 8.41. The van der Waals surface area contributed by atoms with E-state index in [1.165, 1.54) is 56.1 Å². The number of fused-ring (bicyclic) bond motifs is 2. The Hall–Kier alpha value is -2.66. The fourth-order valence-electron chi connectivity index (χ4n) is 6.94. The molecule has 2 aromatic carbocycles. The summed E-state index contributed by atoms with van der Waals surface area (Å²) in [6.07, 6.45) is 11.2. The van der Waals surface area contributed by atoms with Crippen molar-refractivity contribution in [3.8, 4) is 0 Å². The van der Waals surface area contributed by atoms with Gasteiger partial charge in [-0.2, -0.15) is 0 Å². The van der Waals surface area contributed by atoms with E-state index in [4.69, 9.17) is 5.21 Å². The second kappa shape index (κ2) is 9.30. The number of hydrogen-bond acceptors (Lipinski definition) is 3. The lowest BCUT2D eigenvalue weighted by atomic mass is 9.66. The second-order valence-corrected chi connectivity index (χ2v) is 10.6.